The zero-order valence-corrected chi connectivity index (χ0v) is 15.5. The van der Waals surface area contributed by atoms with Crippen LogP contribution in [0.4, 0.5) is 23.8 Å². The predicted octanol–water partition coefficient (Wildman–Crippen LogP) is 3.87. The number of furan rings is 1. The summed E-state index contributed by atoms with van der Waals surface area (Å²) in [6, 6.07) is 3.47. The molecule has 0 radical (unpaired) electrons. The van der Waals surface area contributed by atoms with Gasteiger partial charge in [0.1, 0.15) is 5.58 Å². The molecule has 2 heterocycles. The summed E-state index contributed by atoms with van der Waals surface area (Å²) in [6.07, 6.45) is -5.96. The van der Waals surface area contributed by atoms with Crippen LogP contribution in [-0.2, 0) is 15.5 Å². The van der Waals surface area contributed by atoms with Gasteiger partial charge in [-0.2, -0.15) is 13.2 Å². The standard InChI is InChI=1S/C17H19BF3NO5/c1-15(2)16(3,4)27-18(26-15)11-6-9-7-13(22(5)14(23)24)25-12(9)8-10(11)17(19,20)21/h6-8H,1-5H3,(H,23,24). The number of anilines is 1. The van der Waals surface area contributed by atoms with Gasteiger partial charge in [0.2, 0.25) is 5.88 Å². The molecule has 1 aliphatic rings. The molecule has 1 aromatic carbocycles. The molecule has 0 aliphatic carbocycles. The Hall–Kier alpha value is -2.20. The minimum Gasteiger partial charge on any atom is -0.465 e. The van der Waals surface area contributed by atoms with E-state index in [-0.39, 0.29) is 16.9 Å². The summed E-state index contributed by atoms with van der Waals surface area (Å²) in [5.74, 6) is -0.0864. The second kappa shape index (κ2) is 5.90. The van der Waals surface area contributed by atoms with E-state index in [2.05, 4.69) is 0 Å². The van der Waals surface area contributed by atoms with Gasteiger partial charge in [0, 0.05) is 18.5 Å². The van der Waals surface area contributed by atoms with Gasteiger partial charge in [0.15, 0.2) is 0 Å². The first-order valence-corrected chi connectivity index (χ1v) is 8.20. The van der Waals surface area contributed by atoms with E-state index in [1.54, 1.807) is 27.7 Å². The van der Waals surface area contributed by atoms with Gasteiger partial charge in [-0.1, -0.05) is 6.07 Å². The van der Waals surface area contributed by atoms with E-state index in [4.69, 9.17) is 18.8 Å². The number of alkyl halides is 3. The molecule has 1 aromatic heterocycles. The average Bonchev–Trinajstić information content (AvgIpc) is 3.02. The third kappa shape index (κ3) is 3.27. The molecular formula is C17H19BF3NO5. The zero-order chi connectivity index (χ0) is 20.4. The van der Waals surface area contributed by atoms with Gasteiger partial charge in [-0.05, 0) is 39.2 Å². The van der Waals surface area contributed by atoms with E-state index < -0.39 is 36.2 Å². The van der Waals surface area contributed by atoms with Gasteiger partial charge in [-0.3, -0.25) is 4.90 Å². The van der Waals surface area contributed by atoms with Gasteiger partial charge in [-0.15, -0.1) is 0 Å². The first-order chi connectivity index (χ1) is 12.2. The number of benzene rings is 1. The summed E-state index contributed by atoms with van der Waals surface area (Å²) in [6.45, 7) is 6.99. The van der Waals surface area contributed by atoms with Gasteiger partial charge in [0.05, 0.1) is 16.8 Å². The van der Waals surface area contributed by atoms with Gasteiger partial charge < -0.3 is 18.8 Å². The third-order valence-electron chi connectivity index (χ3n) is 5.11. The Morgan fingerprint density at radius 3 is 2.15 bits per heavy atom. The van der Waals surface area contributed by atoms with Crippen molar-refractivity contribution in [1.29, 1.82) is 0 Å². The van der Waals surface area contributed by atoms with Crippen molar-refractivity contribution in [3.05, 3.63) is 23.8 Å². The van der Waals surface area contributed by atoms with Crippen LogP contribution in [0.15, 0.2) is 22.6 Å². The topological polar surface area (TPSA) is 72.1 Å². The fraction of sp³-hybridized carbons (Fsp3) is 0.471. The van der Waals surface area contributed by atoms with Crippen molar-refractivity contribution in [2.75, 3.05) is 11.9 Å². The molecule has 1 aliphatic heterocycles. The Balaban J connectivity index is 2.15. The summed E-state index contributed by atoms with van der Waals surface area (Å²) in [4.78, 5) is 11.8. The molecule has 6 nitrogen and oxygen atoms in total. The van der Waals surface area contributed by atoms with Crippen LogP contribution < -0.4 is 10.4 Å². The SMILES string of the molecule is CN(C(=O)O)c1cc2cc(B3OC(C)(C)C(C)(C)O3)c(C(F)(F)F)cc2o1. The number of carbonyl (C=O) groups is 1. The van der Waals surface area contributed by atoms with Crippen LogP contribution in [0, 0.1) is 0 Å². The molecule has 0 unspecified atom stereocenters. The summed E-state index contributed by atoms with van der Waals surface area (Å²) in [7, 11) is 0.0198. The quantitative estimate of drug-likeness (QED) is 0.795. The van der Waals surface area contributed by atoms with E-state index >= 15 is 0 Å². The maximum Gasteiger partial charge on any atom is 0.495 e. The van der Waals surface area contributed by atoms with Crippen molar-refractivity contribution >= 4 is 35.5 Å². The van der Waals surface area contributed by atoms with E-state index in [0.717, 1.165) is 11.0 Å². The molecule has 10 heteroatoms. The van der Waals surface area contributed by atoms with Crippen LogP contribution in [0.25, 0.3) is 11.0 Å². The van der Waals surface area contributed by atoms with Gasteiger partial charge >= 0.3 is 19.4 Å². The Kier molecular flexibility index (Phi) is 4.28. The highest BCUT2D eigenvalue weighted by Gasteiger charge is 2.53. The minimum absolute atomic E-state index is 0.0781. The minimum atomic E-state index is -4.67. The van der Waals surface area contributed by atoms with Crippen LogP contribution in [-0.4, -0.2) is 36.6 Å². The molecule has 146 valence electrons. The Morgan fingerprint density at radius 1 is 1.11 bits per heavy atom. The lowest BCUT2D eigenvalue weighted by atomic mass is 9.75. The maximum atomic E-state index is 13.7. The van der Waals surface area contributed by atoms with Crippen LogP contribution in [0.2, 0.25) is 0 Å². The zero-order valence-electron chi connectivity index (χ0n) is 15.5. The average molecular weight is 385 g/mol. The lowest BCUT2D eigenvalue weighted by Crippen LogP contribution is -2.41. The number of fused-ring (bicyclic) bond motifs is 1. The molecule has 1 N–H and O–H groups in total. The molecule has 27 heavy (non-hydrogen) atoms. The Morgan fingerprint density at radius 2 is 1.67 bits per heavy atom. The molecular weight excluding hydrogens is 366 g/mol. The lowest BCUT2D eigenvalue weighted by Gasteiger charge is -2.32. The molecule has 1 saturated heterocycles. The van der Waals surface area contributed by atoms with Gasteiger partial charge in [0.25, 0.3) is 0 Å². The summed E-state index contributed by atoms with van der Waals surface area (Å²) >= 11 is 0. The van der Waals surface area contributed by atoms with Crippen molar-refractivity contribution in [3.63, 3.8) is 0 Å². The number of amides is 1. The maximum absolute atomic E-state index is 13.7. The normalized spacial score (nSPS) is 18.9. The number of halogens is 3. The third-order valence-corrected chi connectivity index (χ3v) is 5.11. The van der Waals surface area contributed by atoms with Crippen LogP contribution in [0.5, 0.6) is 0 Å². The summed E-state index contributed by atoms with van der Waals surface area (Å²) in [5, 5.41) is 9.35. The van der Waals surface area contributed by atoms with E-state index in [1.807, 2.05) is 0 Å². The number of hydrogen-bond donors (Lipinski definition) is 1. The first-order valence-electron chi connectivity index (χ1n) is 8.20. The van der Waals surface area contributed by atoms with Gasteiger partial charge in [-0.25, -0.2) is 4.79 Å². The summed E-state index contributed by atoms with van der Waals surface area (Å²) < 4.78 is 57.8. The highest BCUT2D eigenvalue weighted by molar-refractivity contribution is 6.63. The molecule has 3 rings (SSSR count). The number of rotatable bonds is 2. The van der Waals surface area contributed by atoms with E-state index in [1.165, 1.54) is 19.2 Å². The molecule has 1 fully saturated rings. The molecule has 1 amide bonds. The fourth-order valence-electron chi connectivity index (χ4n) is 2.76. The first kappa shape index (κ1) is 19.6. The number of carboxylic acid groups (broad SMARTS) is 1. The number of hydrogen-bond acceptors (Lipinski definition) is 4. The predicted molar refractivity (Wildman–Crippen MR) is 93.4 cm³/mol. The van der Waals surface area contributed by atoms with Crippen molar-refractivity contribution in [3.8, 4) is 0 Å². The monoisotopic (exact) mass is 385 g/mol. The van der Waals surface area contributed by atoms with Crippen LogP contribution in [0.1, 0.15) is 33.3 Å². The smallest absolute Gasteiger partial charge is 0.465 e. The van der Waals surface area contributed by atoms with E-state index in [0.29, 0.717) is 5.39 Å². The Labute approximate surface area is 154 Å². The Bertz CT molecular complexity index is 890. The number of nitrogens with zero attached hydrogens (tertiary/aromatic N) is 1. The highest BCUT2D eigenvalue weighted by atomic mass is 19.4. The molecule has 0 spiro atoms. The second-order valence-corrected chi connectivity index (χ2v) is 7.49. The molecule has 0 saturated carbocycles. The van der Waals surface area contributed by atoms with Crippen molar-refractivity contribution in [2.24, 2.45) is 0 Å². The van der Waals surface area contributed by atoms with Crippen molar-refractivity contribution in [2.45, 2.75) is 45.1 Å². The summed E-state index contributed by atoms with van der Waals surface area (Å²) in [5.41, 5.74) is -2.82. The molecule has 0 atom stereocenters. The second-order valence-electron chi connectivity index (χ2n) is 7.49. The highest BCUT2D eigenvalue weighted by Crippen LogP contribution is 2.39. The van der Waals surface area contributed by atoms with E-state index in [9.17, 15) is 18.0 Å². The van der Waals surface area contributed by atoms with Crippen LogP contribution in [0.3, 0.4) is 0 Å². The van der Waals surface area contributed by atoms with Crippen molar-refractivity contribution in [1.82, 2.24) is 0 Å². The van der Waals surface area contributed by atoms with Crippen molar-refractivity contribution < 1.29 is 36.8 Å². The molecule has 0 bridgehead atoms. The fourth-order valence-corrected chi connectivity index (χ4v) is 2.76. The lowest BCUT2D eigenvalue weighted by molar-refractivity contribution is -0.136. The molecule has 2 aromatic rings. The largest absolute Gasteiger partial charge is 0.495 e. The van der Waals surface area contributed by atoms with Crippen LogP contribution >= 0.6 is 0 Å².